The fourth-order valence-electron chi connectivity index (χ4n) is 2.91. The van der Waals surface area contributed by atoms with Gasteiger partial charge in [0.05, 0.1) is 17.7 Å². The lowest BCUT2D eigenvalue weighted by Gasteiger charge is -2.14. The topological polar surface area (TPSA) is 57.2 Å². The highest BCUT2D eigenvalue weighted by atomic mass is 32.2. The Labute approximate surface area is 177 Å². The van der Waals surface area contributed by atoms with Crippen molar-refractivity contribution >= 4 is 46.0 Å². The Morgan fingerprint density at radius 1 is 1.21 bits per heavy atom. The smallest absolute Gasteiger partial charge is 0.270 e. The molecule has 0 saturated carbocycles. The molecule has 0 atom stereocenters. The highest BCUT2D eigenvalue weighted by Gasteiger charge is 2.34. The maximum Gasteiger partial charge on any atom is 0.270 e. The van der Waals surface area contributed by atoms with Crippen molar-refractivity contribution in [3.8, 4) is 23.0 Å². The van der Waals surface area contributed by atoms with Gasteiger partial charge in [0.15, 0.2) is 27.3 Å². The molecule has 0 N–H and O–H groups in total. The molecule has 29 heavy (non-hydrogen) atoms. The zero-order valence-electron chi connectivity index (χ0n) is 15.5. The van der Waals surface area contributed by atoms with Gasteiger partial charge >= 0.3 is 0 Å². The van der Waals surface area contributed by atoms with E-state index in [0.29, 0.717) is 44.5 Å². The van der Waals surface area contributed by atoms with Gasteiger partial charge in [0.2, 0.25) is 6.79 Å². The van der Waals surface area contributed by atoms with Crippen LogP contribution in [-0.4, -0.2) is 30.7 Å². The third-order valence-corrected chi connectivity index (χ3v) is 5.55. The molecule has 1 fully saturated rings. The Morgan fingerprint density at radius 2 is 2.03 bits per heavy atom. The third-order valence-electron chi connectivity index (χ3n) is 4.25. The fourth-order valence-corrected chi connectivity index (χ4v) is 4.21. The van der Waals surface area contributed by atoms with Crippen molar-refractivity contribution < 1.29 is 23.7 Å². The molecular weight excluding hydrogens is 410 g/mol. The predicted molar refractivity (Wildman–Crippen MR) is 117 cm³/mol. The first kappa shape index (κ1) is 19.4. The largest absolute Gasteiger partial charge is 0.493 e. The van der Waals surface area contributed by atoms with Gasteiger partial charge < -0.3 is 18.9 Å². The standard InChI is InChI=1S/C21H17NO5S2/c1-3-8-25-15-6-4-13(9-17(15)24-2)10-19-20(23)22(21(28)29-19)14-5-7-16-18(11-14)27-12-26-16/h3-7,9-11H,1,8,12H2,2H3/b19-10+. The van der Waals surface area contributed by atoms with Gasteiger partial charge in [-0.3, -0.25) is 9.69 Å². The molecule has 0 spiro atoms. The Kier molecular flexibility index (Phi) is 5.46. The van der Waals surface area contributed by atoms with Crippen molar-refractivity contribution in [3.63, 3.8) is 0 Å². The van der Waals surface area contributed by atoms with Crippen molar-refractivity contribution in [1.29, 1.82) is 0 Å². The van der Waals surface area contributed by atoms with Crippen molar-refractivity contribution in [2.75, 3.05) is 25.4 Å². The minimum Gasteiger partial charge on any atom is -0.493 e. The predicted octanol–water partition coefficient (Wildman–Crippen LogP) is 4.39. The number of hydrogen-bond acceptors (Lipinski definition) is 7. The van der Waals surface area contributed by atoms with Crippen LogP contribution >= 0.6 is 24.0 Å². The number of fused-ring (bicyclic) bond motifs is 1. The molecule has 6 nitrogen and oxygen atoms in total. The van der Waals surface area contributed by atoms with Crippen LogP contribution in [0, 0.1) is 0 Å². The van der Waals surface area contributed by atoms with Crippen LogP contribution in [0.1, 0.15) is 5.56 Å². The third kappa shape index (κ3) is 3.81. The van der Waals surface area contributed by atoms with E-state index in [1.165, 1.54) is 16.7 Å². The van der Waals surface area contributed by atoms with Gasteiger partial charge in [-0.05, 0) is 35.9 Å². The summed E-state index contributed by atoms with van der Waals surface area (Å²) in [5.41, 5.74) is 1.45. The molecule has 0 unspecified atom stereocenters. The quantitative estimate of drug-likeness (QED) is 0.385. The molecule has 2 aromatic carbocycles. The van der Waals surface area contributed by atoms with E-state index in [2.05, 4.69) is 6.58 Å². The van der Waals surface area contributed by atoms with Gasteiger partial charge in [-0.2, -0.15) is 0 Å². The van der Waals surface area contributed by atoms with Crippen LogP contribution in [-0.2, 0) is 4.79 Å². The second kappa shape index (κ2) is 8.18. The first-order valence-electron chi connectivity index (χ1n) is 8.70. The zero-order valence-corrected chi connectivity index (χ0v) is 17.2. The lowest BCUT2D eigenvalue weighted by molar-refractivity contribution is -0.113. The molecule has 8 heteroatoms. The number of thioether (sulfide) groups is 1. The average molecular weight is 428 g/mol. The van der Waals surface area contributed by atoms with E-state index in [4.69, 9.17) is 31.2 Å². The molecule has 2 heterocycles. The molecule has 0 aromatic heterocycles. The van der Waals surface area contributed by atoms with Crippen molar-refractivity contribution in [2.45, 2.75) is 0 Å². The number of amides is 1. The minimum atomic E-state index is -0.190. The Hall–Kier alpha value is -2.97. The number of benzene rings is 2. The fraction of sp³-hybridized carbons (Fsp3) is 0.143. The van der Waals surface area contributed by atoms with Crippen molar-refractivity contribution in [1.82, 2.24) is 0 Å². The summed E-state index contributed by atoms with van der Waals surface area (Å²) < 4.78 is 22.1. The number of methoxy groups -OCH3 is 1. The first-order chi connectivity index (χ1) is 14.1. The maximum atomic E-state index is 13.0. The first-order valence-corrected chi connectivity index (χ1v) is 9.92. The normalized spacial score (nSPS) is 16.4. The Bertz CT molecular complexity index is 1030. The van der Waals surface area contributed by atoms with Crippen LogP contribution < -0.4 is 23.8 Å². The van der Waals surface area contributed by atoms with E-state index in [-0.39, 0.29) is 12.7 Å². The van der Waals surface area contributed by atoms with Crippen LogP contribution in [0.3, 0.4) is 0 Å². The van der Waals surface area contributed by atoms with E-state index >= 15 is 0 Å². The molecule has 2 aromatic rings. The number of carbonyl (C=O) groups excluding carboxylic acids is 1. The highest BCUT2D eigenvalue weighted by Crippen LogP contribution is 2.41. The van der Waals surface area contributed by atoms with Gasteiger partial charge in [-0.15, -0.1) is 0 Å². The van der Waals surface area contributed by atoms with Crippen molar-refractivity contribution in [2.24, 2.45) is 0 Å². The van der Waals surface area contributed by atoms with E-state index in [1.807, 2.05) is 12.1 Å². The van der Waals surface area contributed by atoms with Gasteiger partial charge in [0.25, 0.3) is 5.91 Å². The molecule has 0 radical (unpaired) electrons. The lowest BCUT2D eigenvalue weighted by atomic mass is 10.1. The zero-order chi connectivity index (χ0) is 20.4. The highest BCUT2D eigenvalue weighted by molar-refractivity contribution is 8.27. The summed E-state index contributed by atoms with van der Waals surface area (Å²) >= 11 is 6.69. The minimum absolute atomic E-state index is 0.172. The number of anilines is 1. The van der Waals surface area contributed by atoms with Gasteiger partial charge in [0.1, 0.15) is 6.61 Å². The number of carbonyl (C=O) groups is 1. The number of nitrogens with zero attached hydrogens (tertiary/aromatic N) is 1. The molecule has 1 saturated heterocycles. The Balaban J connectivity index is 1.60. The summed E-state index contributed by atoms with van der Waals surface area (Å²) in [6.07, 6.45) is 3.45. The summed E-state index contributed by atoms with van der Waals surface area (Å²) in [4.78, 5) is 15.0. The van der Waals surface area contributed by atoms with Gasteiger partial charge in [-0.25, -0.2) is 0 Å². The summed E-state index contributed by atoms with van der Waals surface area (Å²) in [5.74, 6) is 2.25. The van der Waals surface area contributed by atoms with Crippen LogP contribution in [0.25, 0.3) is 6.08 Å². The number of ether oxygens (including phenoxy) is 4. The summed E-state index contributed by atoms with van der Waals surface area (Å²) in [5, 5.41) is 0. The van der Waals surface area contributed by atoms with E-state index in [1.54, 1.807) is 43.5 Å². The van der Waals surface area contributed by atoms with E-state index in [9.17, 15) is 4.79 Å². The van der Waals surface area contributed by atoms with Gasteiger partial charge in [0, 0.05) is 6.07 Å². The monoisotopic (exact) mass is 427 g/mol. The van der Waals surface area contributed by atoms with E-state index < -0.39 is 0 Å². The molecular formula is C21H17NO5S2. The number of thiocarbonyl (C=S) groups is 1. The molecule has 0 bridgehead atoms. The van der Waals surface area contributed by atoms with Crippen molar-refractivity contribution in [3.05, 3.63) is 59.5 Å². The summed E-state index contributed by atoms with van der Waals surface area (Å²) in [6.45, 7) is 4.19. The lowest BCUT2D eigenvalue weighted by Crippen LogP contribution is -2.27. The number of rotatable bonds is 6. The molecule has 2 aliphatic rings. The Morgan fingerprint density at radius 3 is 2.83 bits per heavy atom. The molecule has 148 valence electrons. The molecule has 2 aliphatic heterocycles. The molecule has 4 rings (SSSR count). The number of hydrogen-bond donors (Lipinski definition) is 0. The maximum absolute atomic E-state index is 13.0. The molecule has 1 amide bonds. The molecule has 0 aliphatic carbocycles. The second-order valence-corrected chi connectivity index (χ2v) is 7.74. The second-order valence-electron chi connectivity index (χ2n) is 6.06. The average Bonchev–Trinajstić information content (AvgIpc) is 3.30. The van der Waals surface area contributed by atoms with Crippen LogP contribution in [0.4, 0.5) is 5.69 Å². The summed E-state index contributed by atoms with van der Waals surface area (Å²) in [7, 11) is 1.57. The van der Waals surface area contributed by atoms with Crippen LogP contribution in [0.5, 0.6) is 23.0 Å². The van der Waals surface area contributed by atoms with Crippen LogP contribution in [0.2, 0.25) is 0 Å². The summed E-state index contributed by atoms with van der Waals surface area (Å²) in [6, 6.07) is 10.8. The SMILES string of the molecule is C=CCOc1ccc(/C=C2/SC(=S)N(c3ccc4c(c3)OCO4)C2=O)cc1OC. The van der Waals surface area contributed by atoms with Gasteiger partial charge in [-0.1, -0.05) is 42.7 Å². The van der Waals surface area contributed by atoms with Crippen LogP contribution in [0.15, 0.2) is 54.0 Å². The van der Waals surface area contributed by atoms with E-state index in [0.717, 1.165) is 5.56 Å².